The highest BCUT2D eigenvalue weighted by molar-refractivity contribution is 9.10. The summed E-state index contributed by atoms with van der Waals surface area (Å²) in [5.41, 5.74) is 0. The Morgan fingerprint density at radius 2 is 2.20 bits per heavy atom. The first-order chi connectivity index (χ1) is 9.60. The van der Waals surface area contributed by atoms with Crippen molar-refractivity contribution in [3.8, 4) is 0 Å². The number of carbonyl (C=O) groups is 1. The minimum absolute atomic E-state index is 0.0236. The Labute approximate surface area is 133 Å². The molecular weight excluding hydrogens is 336 g/mol. The van der Waals surface area contributed by atoms with Gasteiger partial charge >= 0.3 is 0 Å². The Morgan fingerprint density at radius 1 is 1.50 bits per heavy atom. The highest BCUT2D eigenvalue weighted by Gasteiger charge is 2.28. The van der Waals surface area contributed by atoms with E-state index in [0.29, 0.717) is 5.92 Å². The summed E-state index contributed by atoms with van der Waals surface area (Å²) in [4.78, 5) is 15.6. The molecule has 0 aromatic heterocycles. The summed E-state index contributed by atoms with van der Waals surface area (Å²) in [6.45, 7) is 4.79. The number of nitrogens with one attached hydrogen (secondary N) is 1. The van der Waals surface area contributed by atoms with E-state index in [1.54, 1.807) is 11.8 Å². The molecule has 1 aromatic rings. The van der Waals surface area contributed by atoms with Crippen molar-refractivity contribution in [2.45, 2.75) is 23.5 Å². The fourth-order valence-corrected chi connectivity index (χ4v) is 3.73. The number of hydrogen-bond donors (Lipinski definition) is 1. The molecule has 0 bridgehead atoms. The van der Waals surface area contributed by atoms with Crippen molar-refractivity contribution in [3.05, 3.63) is 28.7 Å². The fourth-order valence-electron chi connectivity index (χ4n) is 2.51. The Morgan fingerprint density at radius 3 is 2.85 bits per heavy atom. The van der Waals surface area contributed by atoms with Gasteiger partial charge in [-0.25, -0.2) is 0 Å². The van der Waals surface area contributed by atoms with Gasteiger partial charge in [-0.05, 0) is 57.1 Å². The van der Waals surface area contributed by atoms with Gasteiger partial charge in [0.1, 0.15) is 0 Å². The topological polar surface area (TPSA) is 32.3 Å². The molecule has 110 valence electrons. The van der Waals surface area contributed by atoms with Gasteiger partial charge in [0, 0.05) is 22.5 Å². The van der Waals surface area contributed by atoms with Crippen LogP contribution < -0.4 is 5.32 Å². The zero-order chi connectivity index (χ0) is 14.5. The highest BCUT2D eigenvalue weighted by atomic mass is 79.9. The Hall–Kier alpha value is -0.520. The second-order valence-corrected chi connectivity index (χ2v) is 7.54. The summed E-state index contributed by atoms with van der Waals surface area (Å²) in [5.74, 6) is 0.866. The van der Waals surface area contributed by atoms with E-state index in [1.807, 2.05) is 43.1 Å². The van der Waals surface area contributed by atoms with Gasteiger partial charge < -0.3 is 10.2 Å². The standard InChI is InChI=1S/C15H21BrN2OS/c1-11(20-14-5-3-13(16)4-6-14)15(19)18-8-7-12(10-18)9-17-2/h3-6,11-12,17H,7-10H2,1-2H3. The van der Waals surface area contributed by atoms with Crippen molar-refractivity contribution in [2.24, 2.45) is 5.92 Å². The molecule has 1 amide bonds. The maximum Gasteiger partial charge on any atom is 0.235 e. The van der Waals surface area contributed by atoms with Gasteiger partial charge in [-0.2, -0.15) is 0 Å². The zero-order valence-electron chi connectivity index (χ0n) is 11.9. The summed E-state index contributed by atoms with van der Waals surface area (Å²) >= 11 is 5.06. The van der Waals surface area contributed by atoms with Gasteiger partial charge in [-0.3, -0.25) is 4.79 Å². The smallest absolute Gasteiger partial charge is 0.235 e. The summed E-state index contributed by atoms with van der Waals surface area (Å²) < 4.78 is 1.07. The predicted molar refractivity (Wildman–Crippen MR) is 88.1 cm³/mol. The Balaban J connectivity index is 1.87. The molecular formula is C15H21BrN2OS. The van der Waals surface area contributed by atoms with Crippen LogP contribution in [-0.4, -0.2) is 42.7 Å². The molecule has 1 aliphatic heterocycles. The maximum atomic E-state index is 12.4. The molecule has 0 saturated carbocycles. The van der Waals surface area contributed by atoms with Crippen LogP contribution in [-0.2, 0) is 4.79 Å². The van der Waals surface area contributed by atoms with Crippen LogP contribution in [0.15, 0.2) is 33.6 Å². The van der Waals surface area contributed by atoms with E-state index in [1.165, 1.54) is 0 Å². The molecule has 20 heavy (non-hydrogen) atoms. The van der Waals surface area contributed by atoms with Crippen LogP contribution in [0.2, 0.25) is 0 Å². The molecule has 2 unspecified atom stereocenters. The van der Waals surface area contributed by atoms with Gasteiger partial charge in [0.2, 0.25) is 5.91 Å². The van der Waals surface area contributed by atoms with Crippen LogP contribution in [0.4, 0.5) is 0 Å². The maximum absolute atomic E-state index is 12.4. The normalized spacial score (nSPS) is 20.1. The molecule has 2 atom stereocenters. The van der Waals surface area contributed by atoms with Crippen LogP contribution >= 0.6 is 27.7 Å². The molecule has 0 spiro atoms. The van der Waals surface area contributed by atoms with Crippen molar-refractivity contribution < 1.29 is 4.79 Å². The monoisotopic (exact) mass is 356 g/mol. The average Bonchev–Trinajstić information content (AvgIpc) is 2.89. The third-order valence-corrected chi connectivity index (χ3v) is 5.19. The van der Waals surface area contributed by atoms with E-state index in [9.17, 15) is 4.79 Å². The largest absolute Gasteiger partial charge is 0.341 e. The average molecular weight is 357 g/mol. The number of rotatable bonds is 5. The van der Waals surface area contributed by atoms with Crippen molar-refractivity contribution in [1.29, 1.82) is 0 Å². The molecule has 1 fully saturated rings. The predicted octanol–water partition coefficient (Wildman–Crippen LogP) is 3.00. The number of amides is 1. The van der Waals surface area contributed by atoms with Gasteiger partial charge in [-0.15, -0.1) is 11.8 Å². The minimum atomic E-state index is -0.0236. The molecule has 0 aliphatic carbocycles. The van der Waals surface area contributed by atoms with E-state index in [0.717, 1.165) is 35.4 Å². The number of halogens is 1. The van der Waals surface area contributed by atoms with Crippen LogP contribution in [0.1, 0.15) is 13.3 Å². The first kappa shape index (κ1) is 15.9. The van der Waals surface area contributed by atoms with E-state index in [4.69, 9.17) is 0 Å². The first-order valence-electron chi connectivity index (χ1n) is 6.95. The van der Waals surface area contributed by atoms with Crippen LogP contribution in [0.5, 0.6) is 0 Å². The van der Waals surface area contributed by atoms with Crippen molar-refractivity contribution >= 4 is 33.6 Å². The highest BCUT2D eigenvalue weighted by Crippen LogP contribution is 2.27. The van der Waals surface area contributed by atoms with Gasteiger partial charge in [0.15, 0.2) is 0 Å². The number of nitrogens with zero attached hydrogens (tertiary/aromatic N) is 1. The van der Waals surface area contributed by atoms with Crippen molar-refractivity contribution in [3.63, 3.8) is 0 Å². The second-order valence-electron chi connectivity index (χ2n) is 5.21. The molecule has 1 saturated heterocycles. The molecule has 1 N–H and O–H groups in total. The minimum Gasteiger partial charge on any atom is -0.341 e. The molecule has 1 aliphatic rings. The summed E-state index contributed by atoms with van der Waals surface area (Å²) in [5, 5.41) is 3.17. The van der Waals surface area contributed by atoms with E-state index >= 15 is 0 Å². The molecule has 1 heterocycles. The third-order valence-electron chi connectivity index (χ3n) is 3.56. The number of thioether (sulfide) groups is 1. The summed E-state index contributed by atoms with van der Waals surface area (Å²) in [6, 6.07) is 8.12. The molecule has 3 nitrogen and oxygen atoms in total. The molecule has 5 heteroatoms. The summed E-state index contributed by atoms with van der Waals surface area (Å²) in [7, 11) is 1.97. The van der Waals surface area contributed by atoms with E-state index in [-0.39, 0.29) is 11.2 Å². The SMILES string of the molecule is CNCC1CCN(C(=O)C(C)Sc2ccc(Br)cc2)C1. The molecule has 1 aromatic carbocycles. The van der Waals surface area contributed by atoms with Crippen LogP contribution in [0, 0.1) is 5.92 Å². The number of likely N-dealkylation sites (tertiary alicyclic amines) is 1. The Kier molecular flexibility index (Phi) is 5.93. The Bertz CT molecular complexity index is 452. The lowest BCUT2D eigenvalue weighted by atomic mass is 10.1. The molecule has 0 radical (unpaired) electrons. The second kappa shape index (κ2) is 7.48. The third kappa shape index (κ3) is 4.24. The van der Waals surface area contributed by atoms with E-state index in [2.05, 4.69) is 21.2 Å². The van der Waals surface area contributed by atoms with Gasteiger partial charge in [0.25, 0.3) is 0 Å². The molecule has 2 rings (SSSR count). The quantitative estimate of drug-likeness (QED) is 0.823. The van der Waals surface area contributed by atoms with Crippen molar-refractivity contribution in [1.82, 2.24) is 10.2 Å². The first-order valence-corrected chi connectivity index (χ1v) is 8.63. The van der Waals surface area contributed by atoms with Crippen LogP contribution in [0.3, 0.4) is 0 Å². The number of carbonyl (C=O) groups excluding carboxylic acids is 1. The van der Waals surface area contributed by atoms with Gasteiger partial charge in [-0.1, -0.05) is 15.9 Å². The fraction of sp³-hybridized carbons (Fsp3) is 0.533. The lowest BCUT2D eigenvalue weighted by Gasteiger charge is -2.20. The number of benzene rings is 1. The number of hydrogen-bond acceptors (Lipinski definition) is 3. The zero-order valence-corrected chi connectivity index (χ0v) is 14.3. The van der Waals surface area contributed by atoms with Gasteiger partial charge in [0.05, 0.1) is 5.25 Å². The van der Waals surface area contributed by atoms with Crippen LogP contribution in [0.25, 0.3) is 0 Å². The lowest BCUT2D eigenvalue weighted by Crippen LogP contribution is -2.35. The lowest BCUT2D eigenvalue weighted by molar-refractivity contribution is -0.129. The van der Waals surface area contributed by atoms with Crippen molar-refractivity contribution in [2.75, 3.05) is 26.7 Å². The summed E-state index contributed by atoms with van der Waals surface area (Å²) in [6.07, 6.45) is 1.11. The van der Waals surface area contributed by atoms with E-state index < -0.39 is 0 Å².